The number of para-hydroxylation sites is 1. The standard InChI is InChI=1S/C16H21N5OS/c1-10(2)12-5-3-4-6-13(12)18-14(22)9-23-16-20-19-15(21(16)17)11-7-8-11/h3-6,10-11H,7-9,17H2,1-2H3,(H,18,22). The van der Waals surface area contributed by atoms with Crippen molar-refractivity contribution >= 4 is 23.4 Å². The minimum absolute atomic E-state index is 0.0703. The Morgan fingerprint density at radius 1 is 1.39 bits per heavy atom. The van der Waals surface area contributed by atoms with E-state index in [-0.39, 0.29) is 11.7 Å². The molecule has 0 saturated heterocycles. The summed E-state index contributed by atoms with van der Waals surface area (Å²) in [4.78, 5) is 12.2. The molecule has 1 fully saturated rings. The molecule has 1 heterocycles. The lowest BCUT2D eigenvalue weighted by Crippen LogP contribution is -2.17. The lowest BCUT2D eigenvalue weighted by Gasteiger charge is -2.13. The highest BCUT2D eigenvalue weighted by atomic mass is 32.2. The number of nitrogen functional groups attached to an aromatic ring is 1. The van der Waals surface area contributed by atoms with Crippen LogP contribution in [-0.4, -0.2) is 26.5 Å². The van der Waals surface area contributed by atoms with E-state index in [9.17, 15) is 4.79 Å². The fourth-order valence-electron chi connectivity index (χ4n) is 2.44. The van der Waals surface area contributed by atoms with Gasteiger partial charge in [0, 0.05) is 11.6 Å². The molecule has 1 amide bonds. The Morgan fingerprint density at radius 3 is 2.83 bits per heavy atom. The summed E-state index contributed by atoms with van der Waals surface area (Å²) in [5, 5.41) is 11.7. The van der Waals surface area contributed by atoms with Gasteiger partial charge in [-0.25, -0.2) is 4.68 Å². The monoisotopic (exact) mass is 331 g/mol. The van der Waals surface area contributed by atoms with Crippen LogP contribution in [0.2, 0.25) is 0 Å². The Labute approximate surface area is 139 Å². The second-order valence-electron chi connectivity index (χ2n) is 6.06. The second kappa shape index (κ2) is 6.62. The number of anilines is 1. The van der Waals surface area contributed by atoms with Crippen LogP contribution in [0.5, 0.6) is 0 Å². The zero-order valence-electron chi connectivity index (χ0n) is 13.3. The molecule has 0 spiro atoms. The minimum Gasteiger partial charge on any atom is -0.336 e. The number of nitrogens with zero attached hydrogens (tertiary/aromatic N) is 3. The molecular formula is C16H21N5OS. The molecule has 0 unspecified atom stereocenters. The smallest absolute Gasteiger partial charge is 0.234 e. The van der Waals surface area contributed by atoms with Gasteiger partial charge in [-0.2, -0.15) is 0 Å². The molecule has 1 saturated carbocycles. The van der Waals surface area contributed by atoms with Crippen LogP contribution in [0.1, 0.15) is 49.9 Å². The first-order valence-corrected chi connectivity index (χ1v) is 8.76. The van der Waals surface area contributed by atoms with Crippen LogP contribution in [0.25, 0.3) is 0 Å². The Hall–Kier alpha value is -2.02. The molecule has 0 radical (unpaired) electrons. The van der Waals surface area contributed by atoms with Crippen molar-refractivity contribution in [1.29, 1.82) is 0 Å². The van der Waals surface area contributed by atoms with E-state index in [0.29, 0.717) is 17.0 Å². The molecule has 3 N–H and O–H groups in total. The number of rotatable bonds is 6. The first kappa shape index (κ1) is 15.9. The summed E-state index contributed by atoms with van der Waals surface area (Å²) >= 11 is 1.31. The van der Waals surface area contributed by atoms with Crippen LogP contribution in [0.15, 0.2) is 29.4 Å². The van der Waals surface area contributed by atoms with Crippen LogP contribution in [0.4, 0.5) is 5.69 Å². The lowest BCUT2D eigenvalue weighted by atomic mass is 10.0. The van der Waals surface area contributed by atoms with Gasteiger partial charge < -0.3 is 11.2 Å². The molecule has 0 aliphatic heterocycles. The number of nitrogens with one attached hydrogen (secondary N) is 1. The molecule has 7 heteroatoms. The molecule has 23 heavy (non-hydrogen) atoms. The lowest BCUT2D eigenvalue weighted by molar-refractivity contribution is -0.113. The average Bonchev–Trinajstić information content (AvgIpc) is 3.29. The molecule has 1 aromatic heterocycles. The van der Waals surface area contributed by atoms with E-state index in [1.54, 1.807) is 0 Å². The van der Waals surface area contributed by atoms with Crippen LogP contribution in [0.3, 0.4) is 0 Å². The SMILES string of the molecule is CC(C)c1ccccc1NC(=O)CSc1nnc(C2CC2)n1N. The van der Waals surface area contributed by atoms with Crippen molar-refractivity contribution < 1.29 is 4.79 Å². The van der Waals surface area contributed by atoms with Crippen LogP contribution < -0.4 is 11.2 Å². The molecule has 1 aromatic carbocycles. The number of hydrogen-bond donors (Lipinski definition) is 2. The maximum absolute atomic E-state index is 12.2. The normalized spacial score (nSPS) is 14.2. The summed E-state index contributed by atoms with van der Waals surface area (Å²) in [5.41, 5.74) is 1.99. The molecule has 2 aromatic rings. The van der Waals surface area contributed by atoms with Crippen LogP contribution in [0, 0.1) is 0 Å². The maximum atomic E-state index is 12.2. The Balaban J connectivity index is 1.60. The van der Waals surface area contributed by atoms with Gasteiger partial charge in [-0.1, -0.05) is 43.8 Å². The van der Waals surface area contributed by atoms with Crippen LogP contribution >= 0.6 is 11.8 Å². The summed E-state index contributed by atoms with van der Waals surface area (Å²) < 4.78 is 1.51. The number of carbonyl (C=O) groups excluding carboxylic acids is 1. The molecule has 1 aliphatic carbocycles. The van der Waals surface area contributed by atoms with E-state index in [1.165, 1.54) is 16.4 Å². The van der Waals surface area contributed by atoms with Gasteiger partial charge in [0.2, 0.25) is 11.1 Å². The van der Waals surface area contributed by atoms with Gasteiger partial charge in [-0.05, 0) is 30.4 Å². The largest absolute Gasteiger partial charge is 0.336 e. The number of thioether (sulfide) groups is 1. The number of nitrogens with two attached hydrogens (primary N) is 1. The molecule has 0 atom stereocenters. The predicted octanol–water partition coefficient (Wildman–Crippen LogP) is 2.72. The van der Waals surface area contributed by atoms with Crippen molar-refractivity contribution in [3.8, 4) is 0 Å². The van der Waals surface area contributed by atoms with Crippen molar-refractivity contribution in [3.63, 3.8) is 0 Å². The van der Waals surface area contributed by atoms with Crippen molar-refractivity contribution in [2.45, 2.75) is 43.7 Å². The van der Waals surface area contributed by atoms with E-state index in [4.69, 9.17) is 5.84 Å². The highest BCUT2D eigenvalue weighted by molar-refractivity contribution is 7.99. The van der Waals surface area contributed by atoms with Gasteiger partial charge in [0.1, 0.15) is 0 Å². The van der Waals surface area contributed by atoms with E-state index < -0.39 is 0 Å². The van der Waals surface area contributed by atoms with Gasteiger partial charge in [0.05, 0.1) is 5.75 Å². The number of carbonyl (C=O) groups is 1. The van der Waals surface area contributed by atoms with Crippen LogP contribution in [-0.2, 0) is 4.79 Å². The highest BCUT2D eigenvalue weighted by Gasteiger charge is 2.30. The highest BCUT2D eigenvalue weighted by Crippen LogP contribution is 2.39. The molecule has 3 rings (SSSR count). The van der Waals surface area contributed by atoms with E-state index in [2.05, 4.69) is 29.4 Å². The Bertz CT molecular complexity index is 708. The van der Waals surface area contributed by atoms with Gasteiger partial charge in [0.25, 0.3) is 0 Å². The van der Waals surface area contributed by atoms with Crippen molar-refractivity contribution in [1.82, 2.24) is 14.9 Å². The summed E-state index contributed by atoms with van der Waals surface area (Å²) in [6, 6.07) is 7.86. The van der Waals surface area contributed by atoms with Crippen molar-refractivity contribution in [2.75, 3.05) is 16.9 Å². The third-order valence-corrected chi connectivity index (χ3v) is 4.77. The van der Waals surface area contributed by atoms with Crippen molar-refractivity contribution in [2.24, 2.45) is 0 Å². The fourth-order valence-corrected chi connectivity index (χ4v) is 3.10. The van der Waals surface area contributed by atoms with Gasteiger partial charge in [-0.3, -0.25) is 4.79 Å². The maximum Gasteiger partial charge on any atom is 0.234 e. The third-order valence-electron chi connectivity index (χ3n) is 3.82. The fraction of sp³-hybridized carbons (Fsp3) is 0.438. The van der Waals surface area contributed by atoms with Gasteiger partial charge in [-0.15, -0.1) is 10.2 Å². The molecule has 0 bridgehead atoms. The second-order valence-corrected chi connectivity index (χ2v) is 7.01. The van der Waals surface area contributed by atoms with E-state index in [0.717, 1.165) is 29.9 Å². The summed E-state index contributed by atoms with van der Waals surface area (Å²) in [7, 11) is 0. The Kier molecular flexibility index (Phi) is 4.56. The molecule has 1 aliphatic rings. The summed E-state index contributed by atoms with van der Waals surface area (Å²) in [6.07, 6.45) is 2.24. The average molecular weight is 331 g/mol. The summed E-state index contributed by atoms with van der Waals surface area (Å²) in [6.45, 7) is 4.21. The molecular weight excluding hydrogens is 310 g/mol. The Morgan fingerprint density at radius 2 is 2.13 bits per heavy atom. The van der Waals surface area contributed by atoms with E-state index in [1.807, 2.05) is 24.3 Å². The summed E-state index contributed by atoms with van der Waals surface area (Å²) in [5.74, 6) is 7.78. The quantitative estimate of drug-likeness (QED) is 0.628. The number of benzene rings is 1. The number of amides is 1. The number of aromatic nitrogens is 3. The molecule has 6 nitrogen and oxygen atoms in total. The third kappa shape index (κ3) is 3.67. The predicted molar refractivity (Wildman–Crippen MR) is 92.0 cm³/mol. The van der Waals surface area contributed by atoms with Crippen molar-refractivity contribution in [3.05, 3.63) is 35.7 Å². The van der Waals surface area contributed by atoms with Gasteiger partial charge >= 0.3 is 0 Å². The first-order chi connectivity index (χ1) is 11.1. The topological polar surface area (TPSA) is 85.8 Å². The zero-order valence-corrected chi connectivity index (χ0v) is 14.1. The van der Waals surface area contributed by atoms with E-state index >= 15 is 0 Å². The van der Waals surface area contributed by atoms with Gasteiger partial charge in [0.15, 0.2) is 5.82 Å². The zero-order chi connectivity index (χ0) is 16.4. The molecule has 122 valence electrons. The minimum atomic E-state index is -0.0703. The first-order valence-electron chi connectivity index (χ1n) is 7.78. The number of hydrogen-bond acceptors (Lipinski definition) is 5.